The molecule has 1 fully saturated rings. The highest BCUT2D eigenvalue weighted by molar-refractivity contribution is 7.89. The number of para-hydroxylation sites is 1. The lowest BCUT2D eigenvalue weighted by Gasteiger charge is -2.32. The molecule has 7 heteroatoms. The Hall–Kier alpha value is -2.38. The maximum Gasteiger partial charge on any atom is 0.258 e. The molecule has 2 aromatic rings. The minimum absolute atomic E-state index is 0.0131. The first kappa shape index (κ1) is 20.9. The van der Waals surface area contributed by atoms with Crippen molar-refractivity contribution in [2.24, 2.45) is 0 Å². The summed E-state index contributed by atoms with van der Waals surface area (Å²) in [4.78, 5) is 15.2. The number of hydrogen-bond acceptors (Lipinski definition) is 4. The number of methoxy groups -OCH3 is 1. The fraction of sp³-hybridized carbons (Fsp3) is 0.435. The third kappa shape index (κ3) is 3.50. The molecule has 2 heterocycles. The zero-order valence-corrected chi connectivity index (χ0v) is 18.5. The lowest BCUT2D eigenvalue weighted by molar-refractivity contribution is 0.0981. The molecule has 2 aliphatic heterocycles. The summed E-state index contributed by atoms with van der Waals surface area (Å²) in [5, 5.41) is 0. The van der Waals surface area contributed by atoms with Gasteiger partial charge in [0.15, 0.2) is 0 Å². The number of anilines is 1. The molecule has 1 amide bonds. The molecule has 160 valence electrons. The van der Waals surface area contributed by atoms with Gasteiger partial charge in [-0.2, -0.15) is 4.31 Å². The third-order valence-electron chi connectivity index (χ3n) is 6.17. The quantitative estimate of drug-likeness (QED) is 0.742. The van der Waals surface area contributed by atoms with E-state index >= 15 is 0 Å². The molecule has 1 saturated heterocycles. The van der Waals surface area contributed by atoms with Crippen LogP contribution in [0.5, 0.6) is 5.75 Å². The number of rotatable bonds is 4. The Kier molecular flexibility index (Phi) is 5.59. The Morgan fingerprint density at radius 1 is 1.07 bits per heavy atom. The molecule has 0 aliphatic carbocycles. The molecule has 0 radical (unpaired) electrons. The van der Waals surface area contributed by atoms with Gasteiger partial charge in [-0.1, -0.05) is 24.6 Å². The summed E-state index contributed by atoms with van der Waals surface area (Å²) in [5.41, 5.74) is 2.37. The van der Waals surface area contributed by atoms with Gasteiger partial charge in [-0.3, -0.25) is 4.79 Å². The van der Waals surface area contributed by atoms with Crippen LogP contribution in [0, 0.1) is 0 Å². The maximum absolute atomic E-state index is 13.5. The van der Waals surface area contributed by atoms with E-state index in [1.807, 2.05) is 38.1 Å². The molecule has 2 unspecified atom stereocenters. The van der Waals surface area contributed by atoms with Crippen molar-refractivity contribution in [3.8, 4) is 5.75 Å². The van der Waals surface area contributed by atoms with Crippen molar-refractivity contribution in [2.75, 3.05) is 18.6 Å². The third-order valence-corrected chi connectivity index (χ3v) is 8.20. The van der Waals surface area contributed by atoms with Gasteiger partial charge in [-0.05, 0) is 62.9 Å². The highest BCUT2D eigenvalue weighted by Crippen LogP contribution is 2.35. The highest BCUT2D eigenvalue weighted by Gasteiger charge is 2.35. The number of benzene rings is 2. The molecule has 0 N–H and O–H groups in total. The second-order valence-electron chi connectivity index (χ2n) is 8.18. The Morgan fingerprint density at radius 2 is 1.83 bits per heavy atom. The summed E-state index contributed by atoms with van der Waals surface area (Å²) >= 11 is 0. The van der Waals surface area contributed by atoms with Gasteiger partial charge in [0, 0.05) is 29.9 Å². The fourth-order valence-corrected chi connectivity index (χ4v) is 6.46. The monoisotopic (exact) mass is 428 g/mol. The summed E-state index contributed by atoms with van der Waals surface area (Å²) in [6, 6.07) is 12.5. The SMILES string of the molecule is COc1ccc(C(=O)N2c3ccccc3CC2C)cc1S(=O)(=O)N1CCCCC1C. The van der Waals surface area contributed by atoms with Crippen molar-refractivity contribution in [1.29, 1.82) is 0 Å². The molecule has 6 nitrogen and oxygen atoms in total. The zero-order chi connectivity index (χ0) is 21.5. The summed E-state index contributed by atoms with van der Waals surface area (Å²) in [7, 11) is -2.32. The molecule has 2 atom stereocenters. The van der Waals surface area contributed by atoms with Crippen molar-refractivity contribution < 1.29 is 17.9 Å². The molecular weight excluding hydrogens is 400 g/mol. The summed E-state index contributed by atoms with van der Waals surface area (Å²) in [5.74, 6) is 0.0671. The number of piperidine rings is 1. The zero-order valence-electron chi connectivity index (χ0n) is 17.7. The summed E-state index contributed by atoms with van der Waals surface area (Å²) in [6.45, 7) is 4.43. The van der Waals surface area contributed by atoms with E-state index in [-0.39, 0.29) is 28.6 Å². The van der Waals surface area contributed by atoms with Crippen LogP contribution in [-0.2, 0) is 16.4 Å². The predicted molar refractivity (Wildman–Crippen MR) is 117 cm³/mol. The Balaban J connectivity index is 1.74. The van der Waals surface area contributed by atoms with Crippen LogP contribution in [0.1, 0.15) is 49.0 Å². The lowest BCUT2D eigenvalue weighted by Crippen LogP contribution is -2.42. The number of sulfonamides is 1. The maximum atomic E-state index is 13.5. The number of ether oxygens (including phenoxy) is 1. The highest BCUT2D eigenvalue weighted by atomic mass is 32.2. The smallest absolute Gasteiger partial charge is 0.258 e. The van der Waals surface area contributed by atoms with Gasteiger partial charge >= 0.3 is 0 Å². The number of hydrogen-bond donors (Lipinski definition) is 0. The van der Waals surface area contributed by atoms with E-state index in [0.29, 0.717) is 12.1 Å². The summed E-state index contributed by atoms with van der Waals surface area (Å²) in [6.07, 6.45) is 3.48. The van der Waals surface area contributed by atoms with Gasteiger partial charge in [-0.25, -0.2) is 8.42 Å². The van der Waals surface area contributed by atoms with Gasteiger partial charge in [0.1, 0.15) is 10.6 Å². The van der Waals surface area contributed by atoms with E-state index in [2.05, 4.69) is 0 Å². The largest absolute Gasteiger partial charge is 0.495 e. The molecular formula is C23H28N2O4S. The number of carbonyl (C=O) groups is 1. The Bertz CT molecular complexity index is 1070. The number of nitrogens with zero attached hydrogens (tertiary/aromatic N) is 2. The molecule has 4 rings (SSSR count). The first-order valence-electron chi connectivity index (χ1n) is 10.5. The second kappa shape index (κ2) is 8.04. The number of carbonyl (C=O) groups excluding carboxylic acids is 1. The minimum atomic E-state index is -3.77. The van der Waals surface area contributed by atoms with Gasteiger partial charge in [0.25, 0.3) is 5.91 Å². The summed E-state index contributed by atoms with van der Waals surface area (Å²) < 4.78 is 33.8. The predicted octanol–water partition coefficient (Wildman–Crippen LogP) is 3.85. The molecule has 30 heavy (non-hydrogen) atoms. The van der Waals surface area contributed by atoms with E-state index in [1.54, 1.807) is 17.0 Å². The fourth-order valence-electron chi connectivity index (χ4n) is 4.58. The van der Waals surface area contributed by atoms with Crippen LogP contribution >= 0.6 is 0 Å². The van der Waals surface area contributed by atoms with Crippen molar-refractivity contribution in [1.82, 2.24) is 4.31 Å². The van der Waals surface area contributed by atoms with Crippen LogP contribution in [0.25, 0.3) is 0 Å². The van der Waals surface area contributed by atoms with E-state index < -0.39 is 10.0 Å². The molecule has 2 aliphatic rings. The minimum Gasteiger partial charge on any atom is -0.495 e. The lowest BCUT2D eigenvalue weighted by atomic mass is 10.1. The van der Waals surface area contributed by atoms with Crippen LogP contribution < -0.4 is 9.64 Å². The topological polar surface area (TPSA) is 66.9 Å². The van der Waals surface area contributed by atoms with Crippen LogP contribution in [0.15, 0.2) is 47.4 Å². The van der Waals surface area contributed by atoms with Gasteiger partial charge < -0.3 is 9.64 Å². The van der Waals surface area contributed by atoms with Gasteiger partial charge in [0.2, 0.25) is 10.0 Å². The average molecular weight is 429 g/mol. The van der Waals surface area contributed by atoms with E-state index in [1.165, 1.54) is 17.5 Å². The van der Waals surface area contributed by atoms with Crippen LogP contribution in [-0.4, -0.2) is 44.4 Å². The average Bonchev–Trinajstić information content (AvgIpc) is 3.08. The Labute approximate surface area is 178 Å². The van der Waals surface area contributed by atoms with Crippen LogP contribution in [0.2, 0.25) is 0 Å². The van der Waals surface area contributed by atoms with Crippen LogP contribution in [0.4, 0.5) is 5.69 Å². The first-order valence-corrected chi connectivity index (χ1v) is 11.9. The number of fused-ring (bicyclic) bond motifs is 1. The normalized spacial score (nSPS) is 22.0. The second-order valence-corrected chi connectivity index (χ2v) is 10.0. The van der Waals surface area contributed by atoms with Crippen molar-refractivity contribution in [3.05, 3.63) is 53.6 Å². The van der Waals surface area contributed by atoms with Crippen LogP contribution in [0.3, 0.4) is 0 Å². The van der Waals surface area contributed by atoms with Crippen molar-refractivity contribution in [2.45, 2.75) is 56.5 Å². The number of amides is 1. The van der Waals surface area contributed by atoms with Gasteiger partial charge in [-0.15, -0.1) is 0 Å². The molecule has 0 saturated carbocycles. The molecule has 0 spiro atoms. The van der Waals surface area contributed by atoms with Crippen molar-refractivity contribution >= 4 is 21.6 Å². The van der Waals surface area contributed by atoms with E-state index in [4.69, 9.17) is 4.74 Å². The Morgan fingerprint density at radius 3 is 2.57 bits per heavy atom. The first-order chi connectivity index (χ1) is 14.3. The van der Waals surface area contributed by atoms with Crippen molar-refractivity contribution in [3.63, 3.8) is 0 Å². The van der Waals surface area contributed by atoms with Gasteiger partial charge in [0.05, 0.1) is 7.11 Å². The van der Waals surface area contributed by atoms with E-state index in [9.17, 15) is 13.2 Å². The molecule has 2 aromatic carbocycles. The molecule has 0 aromatic heterocycles. The molecule has 0 bridgehead atoms. The van der Waals surface area contributed by atoms with E-state index in [0.717, 1.165) is 36.9 Å². The standard InChI is InChI=1S/C23H28N2O4S/c1-16-8-6-7-13-24(16)30(27,28)22-15-19(11-12-21(22)29-3)23(26)25-17(2)14-18-9-4-5-10-20(18)25/h4-5,9-12,15-17H,6-8,13-14H2,1-3H3.